The van der Waals surface area contributed by atoms with Gasteiger partial charge < -0.3 is 9.84 Å². The number of phenolic OH excluding ortho intramolecular Hbond substituents is 1. The van der Waals surface area contributed by atoms with Gasteiger partial charge in [-0.2, -0.15) is 11.8 Å². The van der Waals surface area contributed by atoms with E-state index in [1.54, 1.807) is 36.0 Å². The fraction of sp³-hybridized carbons (Fsp3) is 0.417. The van der Waals surface area contributed by atoms with Gasteiger partial charge in [0.2, 0.25) is 0 Å². The van der Waals surface area contributed by atoms with Gasteiger partial charge in [0.25, 0.3) is 0 Å². The second-order valence-corrected chi connectivity index (χ2v) is 4.89. The summed E-state index contributed by atoms with van der Waals surface area (Å²) in [5.41, 5.74) is 0.918. The highest BCUT2D eigenvalue weighted by molar-refractivity contribution is 7.99. The van der Waals surface area contributed by atoms with Crippen LogP contribution in [0.15, 0.2) is 24.3 Å². The number of Topliss-reactive ketones (excluding diaryl/α,β-unsaturated/α-hetero) is 1. The van der Waals surface area contributed by atoms with Crippen molar-refractivity contribution in [3.05, 3.63) is 29.8 Å². The molecule has 1 aliphatic rings. The van der Waals surface area contributed by atoms with Crippen LogP contribution in [-0.4, -0.2) is 35.1 Å². The number of ketones is 1. The summed E-state index contributed by atoms with van der Waals surface area (Å²) in [4.78, 5) is 11.9. The molecule has 3 nitrogen and oxygen atoms in total. The molecule has 1 N–H and O–H groups in total. The van der Waals surface area contributed by atoms with Crippen LogP contribution in [0.3, 0.4) is 0 Å². The third-order valence-corrected chi connectivity index (χ3v) is 3.48. The molecule has 4 heteroatoms. The molecule has 0 saturated carbocycles. The maximum Gasteiger partial charge on any atom is 0.166 e. The van der Waals surface area contributed by atoms with Crippen molar-refractivity contribution < 1.29 is 14.6 Å². The predicted octanol–water partition coefficient (Wildman–Crippen LogP) is 1.64. The van der Waals surface area contributed by atoms with E-state index < -0.39 is 0 Å². The summed E-state index contributed by atoms with van der Waals surface area (Å²) in [6.07, 6.45) is 0.124. The molecule has 0 aromatic heterocycles. The van der Waals surface area contributed by atoms with E-state index in [2.05, 4.69) is 0 Å². The Kier molecular flexibility index (Phi) is 3.85. The van der Waals surface area contributed by atoms with Crippen molar-refractivity contribution in [2.24, 2.45) is 0 Å². The molecule has 0 amide bonds. The molecule has 1 heterocycles. The molecule has 16 heavy (non-hydrogen) atoms. The Labute approximate surface area is 98.8 Å². The van der Waals surface area contributed by atoms with E-state index in [1.807, 2.05) is 0 Å². The minimum absolute atomic E-state index is 0.123. The fourth-order valence-electron chi connectivity index (χ4n) is 1.60. The second-order valence-electron chi connectivity index (χ2n) is 3.74. The van der Waals surface area contributed by atoms with Gasteiger partial charge in [-0.25, -0.2) is 0 Å². The number of aromatic hydroxyl groups is 1. The van der Waals surface area contributed by atoms with Crippen molar-refractivity contribution in [1.82, 2.24) is 0 Å². The molecular weight excluding hydrogens is 224 g/mol. The summed E-state index contributed by atoms with van der Waals surface area (Å²) < 4.78 is 5.42. The highest BCUT2D eigenvalue weighted by Crippen LogP contribution is 2.16. The van der Waals surface area contributed by atoms with Crippen LogP contribution < -0.4 is 0 Å². The Morgan fingerprint density at radius 1 is 1.44 bits per heavy atom. The number of thioether (sulfide) groups is 1. The number of hydrogen-bond donors (Lipinski definition) is 1. The van der Waals surface area contributed by atoms with Crippen LogP contribution in [0.2, 0.25) is 0 Å². The highest BCUT2D eigenvalue weighted by atomic mass is 32.2. The lowest BCUT2D eigenvalue weighted by molar-refractivity contribution is -0.128. The molecule has 0 radical (unpaired) electrons. The molecule has 1 atom stereocenters. The number of ether oxygens (including phenoxy) is 1. The third kappa shape index (κ3) is 3.00. The van der Waals surface area contributed by atoms with Crippen LogP contribution in [0.4, 0.5) is 0 Å². The van der Waals surface area contributed by atoms with E-state index in [-0.39, 0.29) is 17.6 Å². The lowest BCUT2D eigenvalue weighted by Gasteiger charge is -2.20. The Morgan fingerprint density at radius 2 is 2.19 bits per heavy atom. The van der Waals surface area contributed by atoms with Crippen LogP contribution in [0, 0.1) is 0 Å². The monoisotopic (exact) mass is 238 g/mol. The largest absolute Gasteiger partial charge is 0.508 e. The summed E-state index contributed by atoms with van der Waals surface area (Å²) in [7, 11) is 0. The standard InChI is InChI=1S/C12H14O3S/c13-10-3-1-9(2-4-10)7-11(14)12-8-16-6-5-15-12/h1-4,12-13H,5-8H2. The minimum atomic E-state index is -0.257. The van der Waals surface area contributed by atoms with Crippen molar-refractivity contribution >= 4 is 17.5 Å². The molecular formula is C12H14O3S. The highest BCUT2D eigenvalue weighted by Gasteiger charge is 2.22. The van der Waals surface area contributed by atoms with E-state index in [4.69, 9.17) is 9.84 Å². The number of carbonyl (C=O) groups excluding carboxylic acids is 1. The summed E-state index contributed by atoms with van der Waals surface area (Å²) in [5, 5.41) is 9.13. The van der Waals surface area contributed by atoms with E-state index in [1.165, 1.54) is 0 Å². The SMILES string of the molecule is O=C(Cc1ccc(O)cc1)C1CSCCO1. The van der Waals surface area contributed by atoms with Crippen molar-refractivity contribution in [1.29, 1.82) is 0 Å². The number of benzene rings is 1. The van der Waals surface area contributed by atoms with Gasteiger partial charge in [-0.3, -0.25) is 4.79 Å². The number of carbonyl (C=O) groups is 1. The van der Waals surface area contributed by atoms with E-state index in [9.17, 15) is 4.79 Å². The first-order valence-corrected chi connectivity index (χ1v) is 6.41. The maximum absolute atomic E-state index is 11.9. The zero-order chi connectivity index (χ0) is 11.4. The lowest BCUT2D eigenvalue weighted by atomic mass is 10.1. The van der Waals surface area contributed by atoms with E-state index in [0.717, 1.165) is 17.1 Å². The normalized spacial score (nSPS) is 20.6. The average molecular weight is 238 g/mol. The quantitative estimate of drug-likeness (QED) is 0.869. The Morgan fingerprint density at radius 3 is 2.81 bits per heavy atom. The van der Waals surface area contributed by atoms with E-state index >= 15 is 0 Å². The Balaban J connectivity index is 1.93. The summed E-state index contributed by atoms with van der Waals surface area (Å²) in [6.45, 7) is 0.663. The zero-order valence-electron chi connectivity index (χ0n) is 8.89. The topological polar surface area (TPSA) is 46.5 Å². The minimum Gasteiger partial charge on any atom is -0.508 e. The predicted molar refractivity (Wildman–Crippen MR) is 63.9 cm³/mol. The lowest BCUT2D eigenvalue weighted by Crippen LogP contribution is -2.32. The maximum atomic E-state index is 11.9. The first kappa shape index (κ1) is 11.5. The molecule has 1 fully saturated rings. The van der Waals surface area contributed by atoms with Crippen LogP contribution in [-0.2, 0) is 16.0 Å². The van der Waals surface area contributed by atoms with Gasteiger partial charge in [0.05, 0.1) is 6.61 Å². The van der Waals surface area contributed by atoms with Crippen LogP contribution in [0.1, 0.15) is 5.56 Å². The smallest absolute Gasteiger partial charge is 0.166 e. The average Bonchev–Trinajstić information content (AvgIpc) is 2.33. The van der Waals surface area contributed by atoms with Gasteiger partial charge in [0, 0.05) is 17.9 Å². The summed E-state index contributed by atoms with van der Waals surface area (Å²) >= 11 is 1.76. The molecule has 0 bridgehead atoms. The van der Waals surface area contributed by atoms with Crippen molar-refractivity contribution in [2.45, 2.75) is 12.5 Å². The first-order valence-electron chi connectivity index (χ1n) is 5.25. The number of phenols is 1. The first-order chi connectivity index (χ1) is 7.75. The number of rotatable bonds is 3. The molecule has 2 rings (SSSR count). The van der Waals surface area contributed by atoms with Crippen molar-refractivity contribution in [3.63, 3.8) is 0 Å². The summed E-state index contributed by atoms with van der Waals surface area (Å²) in [6, 6.07) is 6.73. The van der Waals surface area contributed by atoms with Crippen molar-refractivity contribution in [2.75, 3.05) is 18.1 Å². The van der Waals surface area contributed by atoms with Crippen LogP contribution in [0.5, 0.6) is 5.75 Å². The molecule has 1 unspecified atom stereocenters. The molecule has 86 valence electrons. The summed E-state index contributed by atoms with van der Waals surface area (Å²) in [5.74, 6) is 2.08. The van der Waals surface area contributed by atoms with Crippen molar-refractivity contribution in [3.8, 4) is 5.75 Å². The van der Waals surface area contributed by atoms with Crippen LogP contribution >= 0.6 is 11.8 Å². The zero-order valence-corrected chi connectivity index (χ0v) is 9.70. The fourth-order valence-corrected chi connectivity index (χ4v) is 2.48. The molecule has 0 spiro atoms. The molecule has 1 aliphatic heterocycles. The molecule has 1 aromatic rings. The Bertz CT molecular complexity index is 355. The Hall–Kier alpha value is -1.00. The molecule has 0 aliphatic carbocycles. The van der Waals surface area contributed by atoms with Gasteiger partial charge >= 0.3 is 0 Å². The molecule has 1 saturated heterocycles. The van der Waals surface area contributed by atoms with Gasteiger partial charge in [-0.1, -0.05) is 12.1 Å². The van der Waals surface area contributed by atoms with Crippen LogP contribution in [0.25, 0.3) is 0 Å². The van der Waals surface area contributed by atoms with Gasteiger partial charge in [-0.05, 0) is 17.7 Å². The van der Waals surface area contributed by atoms with E-state index in [0.29, 0.717) is 13.0 Å². The second kappa shape index (κ2) is 5.37. The molecule has 1 aromatic carbocycles. The third-order valence-electron chi connectivity index (χ3n) is 2.49. The van der Waals surface area contributed by atoms with Gasteiger partial charge in [-0.15, -0.1) is 0 Å². The number of hydrogen-bond acceptors (Lipinski definition) is 4. The van der Waals surface area contributed by atoms with Gasteiger partial charge in [0.15, 0.2) is 5.78 Å². The van der Waals surface area contributed by atoms with Gasteiger partial charge in [0.1, 0.15) is 11.9 Å².